The summed E-state index contributed by atoms with van der Waals surface area (Å²) in [7, 11) is 0. The van der Waals surface area contributed by atoms with E-state index in [9.17, 15) is 4.39 Å². The third kappa shape index (κ3) is 3.82. The Hall–Kier alpha value is -1.37. The summed E-state index contributed by atoms with van der Waals surface area (Å²) < 4.78 is 14.3. The number of benzene rings is 1. The fourth-order valence-electron chi connectivity index (χ4n) is 2.20. The van der Waals surface area contributed by atoms with Gasteiger partial charge in [0.2, 0.25) is 0 Å². The van der Waals surface area contributed by atoms with Gasteiger partial charge in [-0.15, -0.1) is 23.2 Å². The van der Waals surface area contributed by atoms with Gasteiger partial charge in [0.25, 0.3) is 0 Å². The Balaban J connectivity index is 2.21. The molecule has 1 aromatic heterocycles. The lowest BCUT2D eigenvalue weighted by Crippen LogP contribution is -2.21. The molecule has 0 aliphatic rings. The van der Waals surface area contributed by atoms with Crippen LogP contribution in [0.3, 0.4) is 0 Å². The van der Waals surface area contributed by atoms with Gasteiger partial charge in [-0.3, -0.25) is 0 Å². The van der Waals surface area contributed by atoms with E-state index in [-0.39, 0.29) is 5.82 Å². The molecule has 1 N–H and O–H groups in total. The first-order valence-electron chi connectivity index (χ1n) is 7.06. The predicted molar refractivity (Wildman–Crippen MR) is 85.5 cm³/mol. The van der Waals surface area contributed by atoms with Crippen molar-refractivity contribution in [2.24, 2.45) is 0 Å². The second kappa shape index (κ2) is 7.42. The second-order valence-corrected chi connectivity index (χ2v) is 5.92. The maximum Gasteiger partial charge on any atom is 0.124 e. The van der Waals surface area contributed by atoms with E-state index in [1.807, 2.05) is 13.0 Å². The highest BCUT2D eigenvalue weighted by molar-refractivity contribution is 7.19. The minimum atomic E-state index is -0.166. The minimum absolute atomic E-state index is 0.166. The monoisotopic (exact) mass is 289 g/mol. The van der Waals surface area contributed by atoms with Crippen LogP contribution in [-0.4, -0.2) is 6.54 Å². The van der Waals surface area contributed by atoms with Crippen molar-refractivity contribution >= 4 is 21.4 Å². The molecule has 0 saturated heterocycles. The number of rotatable bonds is 6. The van der Waals surface area contributed by atoms with Crippen LogP contribution < -0.4 is 5.32 Å². The molecule has 1 unspecified atom stereocenters. The first kappa shape index (κ1) is 15.0. The predicted octanol–water partition coefficient (Wildman–Crippen LogP) is 4.88. The van der Waals surface area contributed by atoms with Crippen LogP contribution in [-0.2, 0) is 0 Å². The lowest BCUT2D eigenvalue weighted by molar-refractivity contribution is 0.513. The Morgan fingerprint density at radius 3 is 2.95 bits per heavy atom. The van der Waals surface area contributed by atoms with Gasteiger partial charge in [-0.1, -0.05) is 13.0 Å². The zero-order chi connectivity index (χ0) is 14.4. The van der Waals surface area contributed by atoms with Crippen LogP contribution in [0.2, 0.25) is 0 Å². The van der Waals surface area contributed by atoms with Crippen LogP contribution in [0, 0.1) is 17.7 Å². The van der Waals surface area contributed by atoms with E-state index in [4.69, 9.17) is 0 Å². The Morgan fingerprint density at radius 2 is 2.20 bits per heavy atom. The number of nitrogens with one attached hydrogen (secondary N) is 1. The van der Waals surface area contributed by atoms with Crippen LogP contribution in [0.4, 0.5) is 4.39 Å². The summed E-state index contributed by atoms with van der Waals surface area (Å²) in [5.41, 5.74) is 0. The summed E-state index contributed by atoms with van der Waals surface area (Å²) >= 11 is 1.68. The molecule has 0 radical (unpaired) electrons. The second-order valence-electron chi connectivity index (χ2n) is 4.80. The highest BCUT2D eigenvalue weighted by atomic mass is 32.1. The Bertz CT molecular complexity index is 621. The van der Waals surface area contributed by atoms with E-state index >= 15 is 0 Å². The van der Waals surface area contributed by atoms with Crippen LogP contribution >= 0.6 is 11.3 Å². The Labute approximate surface area is 124 Å². The molecule has 2 rings (SSSR count). The van der Waals surface area contributed by atoms with Crippen molar-refractivity contribution in [2.45, 2.75) is 39.2 Å². The molecule has 0 saturated carbocycles. The molecular weight excluding hydrogens is 269 g/mol. The third-order valence-electron chi connectivity index (χ3n) is 3.22. The van der Waals surface area contributed by atoms with Gasteiger partial charge in [-0.05, 0) is 49.9 Å². The maximum absolute atomic E-state index is 13.3. The number of halogens is 1. The van der Waals surface area contributed by atoms with Crippen molar-refractivity contribution in [3.63, 3.8) is 0 Å². The van der Waals surface area contributed by atoms with Crippen molar-refractivity contribution in [3.8, 4) is 11.8 Å². The molecule has 1 aromatic carbocycles. The highest BCUT2D eigenvalue weighted by Crippen LogP contribution is 2.32. The smallest absolute Gasteiger partial charge is 0.124 e. The topological polar surface area (TPSA) is 12.0 Å². The summed E-state index contributed by atoms with van der Waals surface area (Å²) in [6, 6.07) is 7.48. The molecule has 1 atom stereocenters. The molecule has 0 fully saturated rings. The number of hydrogen-bond acceptors (Lipinski definition) is 2. The molecule has 0 bridgehead atoms. The molecule has 106 valence electrons. The van der Waals surface area contributed by atoms with E-state index in [2.05, 4.69) is 30.1 Å². The molecule has 20 heavy (non-hydrogen) atoms. The molecule has 0 amide bonds. The van der Waals surface area contributed by atoms with Crippen molar-refractivity contribution in [2.75, 3.05) is 6.54 Å². The summed E-state index contributed by atoms with van der Waals surface area (Å²) in [5, 5.41) is 4.69. The van der Waals surface area contributed by atoms with Gasteiger partial charge in [0.1, 0.15) is 5.82 Å². The normalized spacial score (nSPS) is 12.2. The highest BCUT2D eigenvalue weighted by Gasteiger charge is 2.13. The molecule has 0 spiro atoms. The Kier molecular flexibility index (Phi) is 5.58. The summed E-state index contributed by atoms with van der Waals surface area (Å²) in [6.07, 6.45) is 2.99. The third-order valence-corrected chi connectivity index (χ3v) is 4.43. The molecule has 3 heteroatoms. The number of hydrogen-bond donors (Lipinski definition) is 1. The van der Waals surface area contributed by atoms with Crippen LogP contribution in [0.1, 0.15) is 44.0 Å². The van der Waals surface area contributed by atoms with E-state index in [0.717, 1.165) is 35.9 Å². The van der Waals surface area contributed by atoms with E-state index in [1.54, 1.807) is 17.4 Å². The van der Waals surface area contributed by atoms with E-state index in [0.29, 0.717) is 6.04 Å². The van der Waals surface area contributed by atoms with Gasteiger partial charge >= 0.3 is 0 Å². The van der Waals surface area contributed by atoms with Gasteiger partial charge in [0.15, 0.2) is 0 Å². The van der Waals surface area contributed by atoms with Gasteiger partial charge < -0.3 is 5.32 Å². The van der Waals surface area contributed by atoms with Crippen molar-refractivity contribution in [1.82, 2.24) is 5.32 Å². The van der Waals surface area contributed by atoms with Gasteiger partial charge in [-0.25, -0.2) is 4.39 Å². The molecule has 0 aliphatic heterocycles. The zero-order valence-electron chi connectivity index (χ0n) is 12.0. The standard InChI is InChI=1S/C17H20FNS/c1-3-5-6-7-15(19-10-4-2)17-11-13-8-9-14(18)12-16(13)20-17/h8-9,11-12,15,19H,4,6-7,10H2,1-2H3. The average molecular weight is 289 g/mol. The maximum atomic E-state index is 13.3. The Morgan fingerprint density at radius 1 is 1.35 bits per heavy atom. The summed E-state index contributed by atoms with van der Waals surface area (Å²) in [4.78, 5) is 1.27. The lowest BCUT2D eigenvalue weighted by Gasteiger charge is -2.15. The van der Waals surface area contributed by atoms with Crippen LogP contribution in [0.15, 0.2) is 24.3 Å². The van der Waals surface area contributed by atoms with E-state index < -0.39 is 0 Å². The number of fused-ring (bicyclic) bond motifs is 1. The van der Waals surface area contributed by atoms with Crippen molar-refractivity contribution in [1.29, 1.82) is 0 Å². The van der Waals surface area contributed by atoms with E-state index in [1.165, 1.54) is 10.9 Å². The van der Waals surface area contributed by atoms with Gasteiger partial charge in [0, 0.05) is 22.0 Å². The molecule has 0 aliphatic carbocycles. The SMILES string of the molecule is CC#CCCC(NCCC)c1cc2ccc(F)cc2s1. The first-order chi connectivity index (χ1) is 9.74. The van der Waals surface area contributed by atoms with Crippen LogP contribution in [0.25, 0.3) is 10.1 Å². The molecular formula is C17H20FNS. The molecule has 2 aromatic rings. The average Bonchev–Trinajstić information content (AvgIpc) is 2.85. The quantitative estimate of drug-likeness (QED) is 0.747. The fraction of sp³-hybridized carbons (Fsp3) is 0.412. The zero-order valence-corrected chi connectivity index (χ0v) is 12.8. The lowest BCUT2D eigenvalue weighted by atomic mass is 10.1. The molecule has 1 nitrogen and oxygen atoms in total. The summed E-state index contributed by atoms with van der Waals surface area (Å²) in [6.45, 7) is 5.03. The van der Waals surface area contributed by atoms with Crippen molar-refractivity contribution in [3.05, 3.63) is 35.0 Å². The molecule has 1 heterocycles. The fourth-order valence-corrected chi connectivity index (χ4v) is 3.40. The summed E-state index contributed by atoms with van der Waals surface area (Å²) in [5.74, 6) is 5.90. The number of thiophene rings is 1. The van der Waals surface area contributed by atoms with Crippen molar-refractivity contribution < 1.29 is 4.39 Å². The van der Waals surface area contributed by atoms with Crippen LogP contribution in [0.5, 0.6) is 0 Å². The minimum Gasteiger partial charge on any atom is -0.309 e. The van der Waals surface area contributed by atoms with Gasteiger partial charge in [-0.2, -0.15) is 0 Å². The largest absolute Gasteiger partial charge is 0.309 e. The first-order valence-corrected chi connectivity index (χ1v) is 7.88. The van der Waals surface area contributed by atoms with Gasteiger partial charge in [0.05, 0.1) is 0 Å².